The monoisotopic (exact) mass is 552 g/mol. The molecule has 1 heterocycles. The van der Waals surface area contributed by atoms with E-state index < -0.39 is 41.2 Å². The Bertz CT molecular complexity index is 1480. The molecule has 3 aromatic rings. The van der Waals surface area contributed by atoms with E-state index >= 15 is 0 Å². The fraction of sp³-hybridized carbons (Fsp3) is 0.312. The standard InChI is InChI=1S/C32H28N2O7/c1-17(2)15-24(32(38)41-16-25(35)18-11-13-19(14-12-18)34(39)40)33-30(36)28-26-20-7-3-4-8-21(20)27(29(28)31(33)37)23-10-6-5-9-22(23)26/h3-14,17,24,26-29H,15-16H2,1-2H3/t24-,26?,27?,28+,29+/m1/s1. The molecule has 3 aliphatic carbocycles. The van der Waals surface area contributed by atoms with E-state index in [0.717, 1.165) is 27.2 Å². The van der Waals surface area contributed by atoms with Gasteiger partial charge in [0.05, 0.1) is 16.8 Å². The lowest BCUT2D eigenvalue weighted by molar-refractivity contribution is -0.384. The summed E-state index contributed by atoms with van der Waals surface area (Å²) < 4.78 is 5.39. The lowest BCUT2D eigenvalue weighted by Crippen LogP contribution is -2.47. The fourth-order valence-electron chi connectivity index (χ4n) is 6.85. The molecular formula is C32H28N2O7. The number of carbonyl (C=O) groups is 4. The molecule has 0 spiro atoms. The number of nitro benzene ring substituents is 1. The lowest BCUT2D eigenvalue weighted by atomic mass is 9.55. The Labute approximate surface area is 236 Å². The summed E-state index contributed by atoms with van der Waals surface area (Å²) in [6.07, 6.45) is 0.191. The third kappa shape index (κ3) is 4.23. The molecular weight excluding hydrogens is 524 g/mol. The van der Waals surface area contributed by atoms with Crippen molar-refractivity contribution in [2.24, 2.45) is 17.8 Å². The van der Waals surface area contributed by atoms with Gasteiger partial charge in [0.1, 0.15) is 6.04 Å². The number of esters is 1. The lowest BCUT2D eigenvalue weighted by Gasteiger charge is -2.45. The number of hydrogen-bond donors (Lipinski definition) is 0. The zero-order valence-electron chi connectivity index (χ0n) is 22.6. The molecule has 3 atom stereocenters. The molecule has 208 valence electrons. The Morgan fingerprint density at radius 2 is 1.29 bits per heavy atom. The number of carbonyl (C=O) groups excluding carboxylic acids is 4. The number of benzene rings is 3. The van der Waals surface area contributed by atoms with Gasteiger partial charge in [-0.25, -0.2) is 4.79 Å². The zero-order valence-corrected chi connectivity index (χ0v) is 22.6. The third-order valence-electron chi connectivity index (χ3n) is 8.51. The highest BCUT2D eigenvalue weighted by atomic mass is 16.6. The average molecular weight is 553 g/mol. The highest BCUT2D eigenvalue weighted by molar-refractivity contribution is 6.10. The maximum Gasteiger partial charge on any atom is 0.329 e. The van der Waals surface area contributed by atoms with Crippen molar-refractivity contribution in [1.29, 1.82) is 0 Å². The fourth-order valence-corrected chi connectivity index (χ4v) is 6.85. The molecule has 0 aromatic heterocycles. The highest BCUT2D eigenvalue weighted by Crippen LogP contribution is 2.61. The first-order valence-corrected chi connectivity index (χ1v) is 13.7. The van der Waals surface area contributed by atoms with Gasteiger partial charge in [-0.15, -0.1) is 0 Å². The van der Waals surface area contributed by atoms with Gasteiger partial charge in [-0.2, -0.15) is 0 Å². The molecule has 0 saturated carbocycles. The van der Waals surface area contributed by atoms with Crippen LogP contribution in [0, 0.1) is 27.9 Å². The van der Waals surface area contributed by atoms with Crippen LogP contribution in [-0.4, -0.2) is 46.0 Å². The van der Waals surface area contributed by atoms with E-state index in [4.69, 9.17) is 4.74 Å². The van der Waals surface area contributed by atoms with Gasteiger partial charge in [0.15, 0.2) is 12.4 Å². The maximum atomic E-state index is 14.1. The molecule has 1 saturated heterocycles. The topological polar surface area (TPSA) is 124 Å². The van der Waals surface area contributed by atoms with E-state index in [9.17, 15) is 29.3 Å². The predicted molar refractivity (Wildman–Crippen MR) is 147 cm³/mol. The summed E-state index contributed by atoms with van der Waals surface area (Å²) in [5.74, 6) is -4.02. The van der Waals surface area contributed by atoms with Crippen LogP contribution in [0.4, 0.5) is 5.69 Å². The van der Waals surface area contributed by atoms with E-state index in [2.05, 4.69) is 0 Å². The first-order chi connectivity index (χ1) is 19.7. The summed E-state index contributed by atoms with van der Waals surface area (Å²) in [5.41, 5.74) is 4.14. The van der Waals surface area contributed by atoms with Gasteiger partial charge >= 0.3 is 5.97 Å². The summed E-state index contributed by atoms with van der Waals surface area (Å²) in [7, 11) is 0. The Morgan fingerprint density at radius 1 is 0.829 bits per heavy atom. The Morgan fingerprint density at radius 3 is 1.71 bits per heavy atom. The molecule has 0 N–H and O–H groups in total. The number of ether oxygens (including phenoxy) is 1. The van der Waals surface area contributed by atoms with Crippen LogP contribution in [-0.2, 0) is 19.1 Å². The van der Waals surface area contributed by atoms with Gasteiger partial charge in [-0.05, 0) is 46.7 Å². The number of hydrogen-bond acceptors (Lipinski definition) is 7. The van der Waals surface area contributed by atoms with Crippen molar-refractivity contribution in [3.63, 3.8) is 0 Å². The van der Waals surface area contributed by atoms with E-state index in [1.54, 1.807) is 0 Å². The van der Waals surface area contributed by atoms with Gasteiger partial charge in [-0.1, -0.05) is 62.4 Å². The molecule has 41 heavy (non-hydrogen) atoms. The van der Waals surface area contributed by atoms with E-state index in [1.165, 1.54) is 24.3 Å². The minimum absolute atomic E-state index is 0.0488. The molecule has 0 radical (unpaired) electrons. The van der Waals surface area contributed by atoms with E-state index in [-0.39, 0.29) is 47.2 Å². The number of non-ortho nitro benzene ring substituents is 1. The zero-order chi connectivity index (χ0) is 29.0. The molecule has 9 nitrogen and oxygen atoms in total. The molecule has 3 aromatic carbocycles. The summed E-state index contributed by atoms with van der Waals surface area (Å²) in [5, 5.41) is 10.9. The maximum absolute atomic E-state index is 14.1. The van der Waals surface area contributed by atoms with Crippen LogP contribution in [0.5, 0.6) is 0 Å². The number of nitro groups is 1. The Hall–Kier alpha value is -4.66. The van der Waals surface area contributed by atoms with Crippen LogP contribution in [0.15, 0.2) is 72.8 Å². The second kappa shape index (κ2) is 10.1. The number of imide groups is 1. The predicted octanol–water partition coefficient (Wildman–Crippen LogP) is 4.63. The highest BCUT2D eigenvalue weighted by Gasteiger charge is 2.63. The number of ketones is 1. The van der Waals surface area contributed by atoms with Gasteiger partial charge in [-0.3, -0.25) is 29.4 Å². The molecule has 2 bridgehead atoms. The minimum atomic E-state index is -1.17. The molecule has 0 unspecified atom stereocenters. The molecule has 1 aliphatic heterocycles. The van der Waals surface area contributed by atoms with Crippen molar-refractivity contribution in [1.82, 2.24) is 4.90 Å². The van der Waals surface area contributed by atoms with Crippen LogP contribution in [0.1, 0.15) is 64.7 Å². The quantitative estimate of drug-likeness (QED) is 0.131. The summed E-state index contributed by atoms with van der Waals surface area (Å²) in [6, 6.07) is 19.7. The smallest absolute Gasteiger partial charge is 0.329 e. The number of amides is 2. The molecule has 2 amide bonds. The van der Waals surface area contributed by atoms with Gasteiger partial charge in [0.2, 0.25) is 11.8 Å². The molecule has 1 fully saturated rings. The SMILES string of the molecule is CC(C)C[C@H](C(=O)OCC(=O)c1ccc([N+](=O)[O-])cc1)N1C(=O)[C@H]2C3c4ccccc4C(c4ccccc43)[C@@H]2C1=O. The second-order valence-corrected chi connectivity index (χ2v) is 11.3. The largest absolute Gasteiger partial charge is 0.456 e. The van der Waals surface area contributed by atoms with Gasteiger partial charge in [0, 0.05) is 29.5 Å². The van der Waals surface area contributed by atoms with Crippen molar-refractivity contribution in [3.05, 3.63) is 111 Å². The normalized spacial score (nSPS) is 22.7. The second-order valence-electron chi connectivity index (χ2n) is 11.3. The van der Waals surface area contributed by atoms with Crippen LogP contribution < -0.4 is 0 Å². The van der Waals surface area contributed by atoms with Gasteiger partial charge < -0.3 is 4.74 Å². The third-order valence-corrected chi connectivity index (χ3v) is 8.51. The van der Waals surface area contributed by atoms with Crippen LogP contribution in [0.3, 0.4) is 0 Å². The average Bonchev–Trinajstić information content (AvgIpc) is 3.24. The molecule has 9 heteroatoms. The molecule has 4 aliphatic rings. The van der Waals surface area contributed by atoms with E-state index in [1.807, 2.05) is 62.4 Å². The van der Waals surface area contributed by atoms with Crippen molar-refractivity contribution < 1.29 is 28.8 Å². The Kier molecular flexibility index (Phi) is 6.52. The number of rotatable bonds is 8. The molecule has 7 rings (SSSR count). The summed E-state index contributed by atoms with van der Waals surface area (Å²) in [6.45, 7) is 3.15. The number of Topliss-reactive ketones (excluding diaryl/α,β-unsaturated/α-hetero) is 1. The van der Waals surface area contributed by atoms with E-state index in [0.29, 0.717) is 0 Å². The van der Waals surface area contributed by atoms with Crippen molar-refractivity contribution in [3.8, 4) is 0 Å². The van der Waals surface area contributed by atoms with Crippen molar-refractivity contribution in [2.75, 3.05) is 6.61 Å². The van der Waals surface area contributed by atoms with Gasteiger partial charge in [0.25, 0.3) is 5.69 Å². The summed E-state index contributed by atoms with van der Waals surface area (Å²) in [4.78, 5) is 65.8. The van der Waals surface area contributed by atoms with Crippen LogP contribution in [0.2, 0.25) is 0 Å². The number of nitrogens with zero attached hydrogens (tertiary/aromatic N) is 2. The van der Waals surface area contributed by atoms with Crippen molar-refractivity contribution in [2.45, 2.75) is 38.1 Å². The first-order valence-electron chi connectivity index (χ1n) is 13.7. The van der Waals surface area contributed by atoms with Crippen molar-refractivity contribution >= 4 is 29.3 Å². The number of likely N-dealkylation sites (tertiary alicyclic amines) is 1. The van der Waals surface area contributed by atoms with Crippen LogP contribution in [0.25, 0.3) is 0 Å². The minimum Gasteiger partial charge on any atom is -0.456 e. The first kappa shape index (κ1) is 26.6. The van der Waals surface area contributed by atoms with Crippen LogP contribution >= 0.6 is 0 Å². The summed E-state index contributed by atoms with van der Waals surface area (Å²) >= 11 is 0. The Balaban J connectivity index is 1.28.